The average Bonchev–Trinajstić information content (AvgIpc) is 2.63. The van der Waals surface area contributed by atoms with E-state index in [0.29, 0.717) is 17.0 Å². The van der Waals surface area contributed by atoms with E-state index in [1.54, 1.807) is 32.0 Å². The van der Waals surface area contributed by atoms with E-state index in [0.717, 1.165) is 0 Å². The van der Waals surface area contributed by atoms with Crippen LogP contribution in [0.3, 0.4) is 0 Å². The van der Waals surface area contributed by atoms with Crippen molar-refractivity contribution in [2.75, 3.05) is 13.9 Å². The van der Waals surface area contributed by atoms with Crippen molar-refractivity contribution in [1.82, 2.24) is 5.32 Å². The first-order valence-corrected chi connectivity index (χ1v) is 8.52. The lowest BCUT2D eigenvalue weighted by molar-refractivity contribution is -0.156. The molecule has 1 aliphatic heterocycles. The maximum absolute atomic E-state index is 12.7. The molecular formula is C18H17Cl2NO6. The Labute approximate surface area is 165 Å². The lowest BCUT2D eigenvalue weighted by atomic mass is 9.80. The van der Waals surface area contributed by atoms with E-state index in [1.165, 1.54) is 7.11 Å². The van der Waals surface area contributed by atoms with E-state index < -0.39 is 24.6 Å². The topological polar surface area (TPSA) is 90.9 Å². The summed E-state index contributed by atoms with van der Waals surface area (Å²) < 4.78 is 14.3. The Bertz CT molecular complexity index is 846. The van der Waals surface area contributed by atoms with Crippen LogP contribution in [0.5, 0.6) is 0 Å². The molecule has 1 aliphatic rings. The molecule has 0 radical (unpaired) electrons. The van der Waals surface area contributed by atoms with E-state index in [1.807, 2.05) is 0 Å². The normalized spacial score (nSPS) is 16.6. The summed E-state index contributed by atoms with van der Waals surface area (Å²) in [7, 11) is 1.24. The zero-order valence-corrected chi connectivity index (χ0v) is 16.3. The zero-order valence-electron chi connectivity index (χ0n) is 14.8. The van der Waals surface area contributed by atoms with Crippen molar-refractivity contribution in [2.24, 2.45) is 0 Å². The van der Waals surface area contributed by atoms with Crippen LogP contribution < -0.4 is 5.32 Å². The van der Waals surface area contributed by atoms with Gasteiger partial charge in [-0.25, -0.2) is 9.59 Å². The first-order chi connectivity index (χ1) is 12.8. The van der Waals surface area contributed by atoms with Crippen molar-refractivity contribution in [3.63, 3.8) is 0 Å². The minimum absolute atomic E-state index is 0.125. The third-order valence-corrected chi connectivity index (χ3v) is 4.84. The molecule has 1 unspecified atom stereocenters. The molecule has 7 nitrogen and oxygen atoms in total. The highest BCUT2D eigenvalue weighted by molar-refractivity contribution is 6.42. The van der Waals surface area contributed by atoms with Gasteiger partial charge in [0.15, 0.2) is 0 Å². The highest BCUT2D eigenvalue weighted by atomic mass is 35.5. The van der Waals surface area contributed by atoms with Gasteiger partial charge in [0.25, 0.3) is 6.47 Å². The number of carbonyl (C=O) groups is 3. The number of methoxy groups -OCH3 is 1. The monoisotopic (exact) mass is 413 g/mol. The van der Waals surface area contributed by atoms with Crippen LogP contribution in [-0.4, -0.2) is 32.3 Å². The van der Waals surface area contributed by atoms with Crippen molar-refractivity contribution < 1.29 is 28.6 Å². The van der Waals surface area contributed by atoms with E-state index in [9.17, 15) is 14.4 Å². The Morgan fingerprint density at radius 1 is 1.15 bits per heavy atom. The molecule has 1 aromatic rings. The third kappa shape index (κ3) is 4.26. The molecule has 0 saturated carbocycles. The van der Waals surface area contributed by atoms with Crippen LogP contribution in [-0.2, 0) is 28.6 Å². The van der Waals surface area contributed by atoms with Gasteiger partial charge in [-0.2, -0.15) is 0 Å². The lowest BCUT2D eigenvalue weighted by Gasteiger charge is -2.30. The predicted molar refractivity (Wildman–Crippen MR) is 97.9 cm³/mol. The van der Waals surface area contributed by atoms with Gasteiger partial charge >= 0.3 is 11.9 Å². The molecule has 9 heteroatoms. The first-order valence-electron chi connectivity index (χ1n) is 7.76. The second-order valence-electron chi connectivity index (χ2n) is 5.58. The minimum Gasteiger partial charge on any atom is -0.466 e. The quantitative estimate of drug-likeness (QED) is 0.331. The van der Waals surface area contributed by atoms with Gasteiger partial charge < -0.3 is 19.5 Å². The molecule has 0 aromatic heterocycles. The fraction of sp³-hybridized carbons (Fsp3) is 0.278. The van der Waals surface area contributed by atoms with Gasteiger partial charge in [0.2, 0.25) is 6.79 Å². The average molecular weight is 414 g/mol. The van der Waals surface area contributed by atoms with E-state index in [2.05, 4.69) is 10.1 Å². The minimum atomic E-state index is -0.881. The number of benzene rings is 1. The number of esters is 2. The number of hydrogen-bond donors (Lipinski definition) is 1. The largest absolute Gasteiger partial charge is 0.466 e. The fourth-order valence-corrected chi connectivity index (χ4v) is 3.31. The standard InChI is InChI=1S/C18H17Cl2NO6/c1-9-13(17(23)25-3)15(11-5-4-6-12(19)16(11)20)14(10(2)21-9)18(24)27-8-26-7-22/h4-7,15,21H,8H2,1-3H3. The Morgan fingerprint density at radius 3 is 2.37 bits per heavy atom. The van der Waals surface area contributed by atoms with Crippen LogP contribution in [0.4, 0.5) is 0 Å². The van der Waals surface area contributed by atoms with Gasteiger partial charge in [0, 0.05) is 11.4 Å². The summed E-state index contributed by atoms with van der Waals surface area (Å²) in [6.45, 7) is 2.92. The highest BCUT2D eigenvalue weighted by Gasteiger charge is 2.39. The summed E-state index contributed by atoms with van der Waals surface area (Å²) >= 11 is 12.5. The molecular weight excluding hydrogens is 397 g/mol. The molecule has 0 bridgehead atoms. The number of rotatable bonds is 6. The Hall–Kier alpha value is -2.51. The molecule has 0 amide bonds. The smallest absolute Gasteiger partial charge is 0.339 e. The number of dihydropyridines is 1. The van der Waals surface area contributed by atoms with Crippen molar-refractivity contribution in [3.05, 3.63) is 56.3 Å². The SMILES string of the molecule is COC(=O)C1=C(C)NC(C)=C(C(=O)OCOC=O)C1c1cccc(Cl)c1Cl. The van der Waals surface area contributed by atoms with Gasteiger partial charge in [-0.1, -0.05) is 35.3 Å². The van der Waals surface area contributed by atoms with Gasteiger partial charge in [0.05, 0.1) is 34.2 Å². The Balaban J connectivity index is 2.63. The van der Waals surface area contributed by atoms with Crippen molar-refractivity contribution in [2.45, 2.75) is 19.8 Å². The number of allylic oxidation sites excluding steroid dienone is 2. The Morgan fingerprint density at radius 2 is 1.78 bits per heavy atom. The molecule has 0 spiro atoms. The summed E-state index contributed by atoms with van der Waals surface area (Å²) in [5.41, 5.74) is 1.71. The highest BCUT2D eigenvalue weighted by Crippen LogP contribution is 2.43. The summed E-state index contributed by atoms with van der Waals surface area (Å²) in [5.74, 6) is -2.30. The number of carbonyl (C=O) groups excluding carboxylic acids is 3. The van der Waals surface area contributed by atoms with Crippen LogP contribution in [0.1, 0.15) is 25.3 Å². The molecule has 0 saturated heterocycles. The maximum Gasteiger partial charge on any atom is 0.339 e. The van der Waals surface area contributed by atoms with Gasteiger partial charge in [-0.3, -0.25) is 4.79 Å². The van der Waals surface area contributed by atoms with E-state index in [-0.39, 0.29) is 27.7 Å². The number of nitrogens with one attached hydrogen (secondary N) is 1. The summed E-state index contributed by atoms with van der Waals surface area (Å²) in [6.07, 6.45) is 0. The van der Waals surface area contributed by atoms with E-state index >= 15 is 0 Å². The number of hydrogen-bond acceptors (Lipinski definition) is 7. The molecule has 2 rings (SSSR count). The van der Waals surface area contributed by atoms with E-state index in [4.69, 9.17) is 32.7 Å². The van der Waals surface area contributed by atoms with Gasteiger partial charge in [-0.15, -0.1) is 0 Å². The lowest BCUT2D eigenvalue weighted by Crippen LogP contribution is -2.32. The van der Waals surface area contributed by atoms with Crippen molar-refractivity contribution >= 4 is 41.6 Å². The van der Waals surface area contributed by atoms with Crippen LogP contribution in [0, 0.1) is 0 Å². The second kappa shape index (κ2) is 8.92. The molecule has 0 fully saturated rings. The zero-order chi connectivity index (χ0) is 20.1. The predicted octanol–water partition coefficient (Wildman–Crippen LogP) is 3.07. The molecule has 1 atom stereocenters. The van der Waals surface area contributed by atoms with Crippen LogP contribution in [0.15, 0.2) is 40.7 Å². The first kappa shape index (κ1) is 20.8. The molecule has 144 valence electrons. The van der Waals surface area contributed by atoms with Crippen LogP contribution in [0.25, 0.3) is 0 Å². The number of halogens is 2. The Kier molecular flexibility index (Phi) is 6.87. The summed E-state index contributed by atoms with van der Waals surface area (Å²) in [5, 5.41) is 3.44. The summed E-state index contributed by atoms with van der Waals surface area (Å²) in [4.78, 5) is 35.4. The van der Waals surface area contributed by atoms with Crippen molar-refractivity contribution in [3.8, 4) is 0 Å². The van der Waals surface area contributed by atoms with Crippen molar-refractivity contribution in [1.29, 1.82) is 0 Å². The maximum atomic E-state index is 12.7. The summed E-state index contributed by atoms with van der Waals surface area (Å²) in [6, 6.07) is 4.90. The molecule has 1 heterocycles. The molecule has 1 N–H and O–H groups in total. The third-order valence-electron chi connectivity index (χ3n) is 4.00. The molecule has 27 heavy (non-hydrogen) atoms. The van der Waals surface area contributed by atoms with Gasteiger partial charge in [0.1, 0.15) is 0 Å². The fourth-order valence-electron chi connectivity index (χ4n) is 2.89. The second-order valence-corrected chi connectivity index (χ2v) is 6.37. The van der Waals surface area contributed by atoms with Crippen LogP contribution >= 0.6 is 23.2 Å². The molecule has 0 aliphatic carbocycles. The van der Waals surface area contributed by atoms with Gasteiger partial charge in [-0.05, 0) is 25.5 Å². The number of ether oxygens (including phenoxy) is 3. The molecule has 1 aromatic carbocycles. The van der Waals surface area contributed by atoms with Crippen LogP contribution in [0.2, 0.25) is 10.0 Å².